The van der Waals surface area contributed by atoms with Crippen molar-refractivity contribution < 1.29 is 14.3 Å². The van der Waals surface area contributed by atoms with Gasteiger partial charge in [-0.15, -0.1) is 0 Å². The van der Waals surface area contributed by atoms with Crippen LogP contribution < -0.4 is 4.74 Å². The number of amides is 2. The highest BCUT2D eigenvalue weighted by Gasteiger charge is 2.31. The third-order valence-electron chi connectivity index (χ3n) is 5.19. The predicted molar refractivity (Wildman–Crippen MR) is 92.2 cm³/mol. The molecule has 1 aliphatic carbocycles. The van der Waals surface area contributed by atoms with Gasteiger partial charge in [0, 0.05) is 37.7 Å². The molecule has 2 fully saturated rings. The van der Waals surface area contributed by atoms with Crippen molar-refractivity contribution >= 4 is 11.8 Å². The van der Waals surface area contributed by atoms with Gasteiger partial charge >= 0.3 is 0 Å². The monoisotopic (exact) mass is 330 g/mol. The normalized spacial score (nSPS) is 18.8. The first kappa shape index (κ1) is 16.8. The van der Waals surface area contributed by atoms with Crippen LogP contribution in [0.3, 0.4) is 0 Å². The molecule has 0 unspecified atom stereocenters. The number of hydrogen-bond acceptors (Lipinski definition) is 3. The van der Waals surface area contributed by atoms with Gasteiger partial charge in [0.2, 0.25) is 5.91 Å². The molecule has 5 heteroatoms. The molecule has 2 aliphatic rings. The topological polar surface area (TPSA) is 49.9 Å². The van der Waals surface area contributed by atoms with Gasteiger partial charge < -0.3 is 14.5 Å². The van der Waals surface area contributed by atoms with Crippen LogP contribution in [0.1, 0.15) is 41.6 Å². The second kappa shape index (κ2) is 7.24. The van der Waals surface area contributed by atoms with E-state index >= 15 is 0 Å². The average Bonchev–Trinajstić information content (AvgIpc) is 2.78. The zero-order valence-corrected chi connectivity index (χ0v) is 14.6. The van der Waals surface area contributed by atoms with Crippen LogP contribution in [0.15, 0.2) is 18.2 Å². The first-order chi connectivity index (χ1) is 11.6. The molecule has 1 aromatic carbocycles. The SMILES string of the molecule is COc1ccc(C(=O)N2CCCN(C(=O)C3CCC3)CC2)cc1C. The van der Waals surface area contributed by atoms with Crippen molar-refractivity contribution in [2.45, 2.75) is 32.6 Å². The number of methoxy groups -OCH3 is 1. The molecule has 130 valence electrons. The van der Waals surface area contributed by atoms with Crippen LogP contribution in [-0.4, -0.2) is 54.9 Å². The average molecular weight is 330 g/mol. The summed E-state index contributed by atoms with van der Waals surface area (Å²) in [5.41, 5.74) is 1.65. The lowest BCUT2D eigenvalue weighted by molar-refractivity contribution is -0.138. The summed E-state index contributed by atoms with van der Waals surface area (Å²) < 4.78 is 5.26. The lowest BCUT2D eigenvalue weighted by Crippen LogP contribution is -2.41. The molecule has 1 aliphatic heterocycles. The molecule has 0 radical (unpaired) electrons. The third-order valence-corrected chi connectivity index (χ3v) is 5.19. The second-order valence-corrected chi connectivity index (χ2v) is 6.78. The number of rotatable bonds is 3. The van der Waals surface area contributed by atoms with E-state index in [4.69, 9.17) is 4.74 Å². The first-order valence-electron chi connectivity index (χ1n) is 8.83. The van der Waals surface area contributed by atoms with Gasteiger partial charge in [-0.3, -0.25) is 9.59 Å². The van der Waals surface area contributed by atoms with Crippen molar-refractivity contribution in [1.82, 2.24) is 9.80 Å². The Morgan fingerprint density at radius 3 is 2.38 bits per heavy atom. The number of carbonyl (C=O) groups excluding carboxylic acids is 2. The van der Waals surface area contributed by atoms with Gasteiger partial charge in [0.05, 0.1) is 7.11 Å². The minimum Gasteiger partial charge on any atom is -0.496 e. The third kappa shape index (κ3) is 3.40. The number of hydrogen-bond donors (Lipinski definition) is 0. The number of benzene rings is 1. The molecule has 1 saturated carbocycles. The molecule has 2 amide bonds. The summed E-state index contributed by atoms with van der Waals surface area (Å²) in [4.78, 5) is 29.0. The Hall–Kier alpha value is -2.04. The van der Waals surface area contributed by atoms with Gasteiger partial charge in [-0.2, -0.15) is 0 Å². The molecule has 24 heavy (non-hydrogen) atoms. The van der Waals surface area contributed by atoms with E-state index in [0.717, 1.165) is 37.1 Å². The van der Waals surface area contributed by atoms with Crippen LogP contribution in [0.4, 0.5) is 0 Å². The summed E-state index contributed by atoms with van der Waals surface area (Å²) in [5, 5.41) is 0. The summed E-state index contributed by atoms with van der Waals surface area (Å²) in [6.45, 7) is 4.68. The van der Waals surface area contributed by atoms with E-state index in [2.05, 4.69) is 0 Å². The van der Waals surface area contributed by atoms with Crippen LogP contribution in [-0.2, 0) is 4.79 Å². The van der Waals surface area contributed by atoms with Gasteiger partial charge in [0.15, 0.2) is 0 Å². The van der Waals surface area contributed by atoms with Crippen molar-refractivity contribution in [1.29, 1.82) is 0 Å². The molecule has 0 bridgehead atoms. The molecular formula is C19H26N2O3. The summed E-state index contributed by atoms with van der Waals surface area (Å²) >= 11 is 0. The quantitative estimate of drug-likeness (QED) is 0.855. The van der Waals surface area contributed by atoms with E-state index in [1.807, 2.05) is 34.9 Å². The summed E-state index contributed by atoms with van der Waals surface area (Å²) in [5.74, 6) is 1.35. The zero-order valence-electron chi connectivity index (χ0n) is 14.6. The van der Waals surface area contributed by atoms with Crippen LogP contribution in [0.25, 0.3) is 0 Å². The Bertz CT molecular complexity index is 625. The fourth-order valence-corrected chi connectivity index (χ4v) is 3.45. The Balaban J connectivity index is 1.63. The maximum atomic E-state index is 12.8. The molecule has 0 spiro atoms. The van der Waals surface area contributed by atoms with Crippen molar-refractivity contribution in [2.75, 3.05) is 33.3 Å². The van der Waals surface area contributed by atoms with E-state index in [9.17, 15) is 9.59 Å². The van der Waals surface area contributed by atoms with E-state index in [1.54, 1.807) is 7.11 Å². The maximum Gasteiger partial charge on any atom is 0.253 e. The predicted octanol–water partition coefficient (Wildman–Crippen LogP) is 2.48. The van der Waals surface area contributed by atoms with Gasteiger partial charge in [-0.1, -0.05) is 6.42 Å². The second-order valence-electron chi connectivity index (χ2n) is 6.78. The maximum absolute atomic E-state index is 12.8. The Labute approximate surface area is 143 Å². The van der Waals surface area contributed by atoms with Crippen LogP contribution in [0.2, 0.25) is 0 Å². The molecule has 0 aromatic heterocycles. The first-order valence-corrected chi connectivity index (χ1v) is 8.83. The highest BCUT2D eigenvalue weighted by molar-refractivity contribution is 5.94. The van der Waals surface area contributed by atoms with Gasteiger partial charge in [0.25, 0.3) is 5.91 Å². The number of aryl methyl sites for hydroxylation is 1. The Morgan fingerprint density at radius 2 is 1.75 bits per heavy atom. The lowest BCUT2D eigenvalue weighted by Gasteiger charge is -2.31. The van der Waals surface area contributed by atoms with Crippen molar-refractivity contribution in [3.8, 4) is 5.75 Å². The molecule has 3 rings (SSSR count). The molecule has 0 atom stereocenters. The molecular weight excluding hydrogens is 304 g/mol. The van der Waals surface area contributed by atoms with E-state index in [0.29, 0.717) is 25.2 Å². The summed E-state index contributed by atoms with van der Waals surface area (Å²) in [6.07, 6.45) is 4.08. The van der Waals surface area contributed by atoms with Crippen LogP contribution in [0.5, 0.6) is 5.75 Å². The fourth-order valence-electron chi connectivity index (χ4n) is 3.45. The van der Waals surface area contributed by atoms with Gasteiger partial charge in [0.1, 0.15) is 5.75 Å². The lowest BCUT2D eigenvalue weighted by atomic mass is 9.84. The van der Waals surface area contributed by atoms with Gasteiger partial charge in [-0.25, -0.2) is 0 Å². The molecule has 1 saturated heterocycles. The van der Waals surface area contributed by atoms with Crippen molar-refractivity contribution in [3.05, 3.63) is 29.3 Å². The molecule has 1 heterocycles. The van der Waals surface area contributed by atoms with Gasteiger partial charge in [-0.05, 0) is 49.9 Å². The number of nitrogens with zero attached hydrogens (tertiary/aromatic N) is 2. The van der Waals surface area contributed by atoms with Crippen molar-refractivity contribution in [2.24, 2.45) is 5.92 Å². The molecule has 5 nitrogen and oxygen atoms in total. The highest BCUT2D eigenvalue weighted by Crippen LogP contribution is 2.28. The van der Waals surface area contributed by atoms with Crippen molar-refractivity contribution in [3.63, 3.8) is 0 Å². The van der Waals surface area contributed by atoms with Crippen LogP contribution >= 0.6 is 0 Å². The van der Waals surface area contributed by atoms with E-state index in [1.165, 1.54) is 6.42 Å². The fraction of sp³-hybridized carbons (Fsp3) is 0.579. The molecule has 0 N–H and O–H groups in total. The minimum absolute atomic E-state index is 0.0405. The van der Waals surface area contributed by atoms with E-state index < -0.39 is 0 Å². The zero-order chi connectivity index (χ0) is 17.1. The highest BCUT2D eigenvalue weighted by atomic mass is 16.5. The summed E-state index contributed by atoms with van der Waals surface area (Å²) in [6, 6.07) is 5.53. The smallest absolute Gasteiger partial charge is 0.253 e. The van der Waals surface area contributed by atoms with Crippen LogP contribution in [0, 0.1) is 12.8 Å². The largest absolute Gasteiger partial charge is 0.496 e. The Morgan fingerprint density at radius 1 is 1.04 bits per heavy atom. The standard InChI is InChI=1S/C19H26N2O3/c1-14-13-16(7-8-17(14)24-2)19(23)21-10-4-9-20(11-12-21)18(22)15-5-3-6-15/h7-8,13,15H,3-6,9-12H2,1-2H3. The Kier molecular flexibility index (Phi) is 5.07. The number of carbonyl (C=O) groups is 2. The number of ether oxygens (including phenoxy) is 1. The van der Waals surface area contributed by atoms with E-state index in [-0.39, 0.29) is 17.7 Å². The minimum atomic E-state index is 0.0405. The summed E-state index contributed by atoms with van der Waals surface area (Å²) in [7, 11) is 1.63. The molecule has 1 aromatic rings.